The van der Waals surface area contributed by atoms with Gasteiger partial charge in [0.25, 0.3) is 0 Å². The van der Waals surface area contributed by atoms with Crippen LogP contribution in [0.2, 0.25) is 0 Å². The van der Waals surface area contributed by atoms with Crippen molar-refractivity contribution in [3.8, 4) is 0 Å². The van der Waals surface area contributed by atoms with Gasteiger partial charge in [-0.1, -0.05) is 12.1 Å². The highest BCUT2D eigenvalue weighted by atomic mass is 16.4. The molecule has 0 saturated heterocycles. The number of benzene rings is 1. The van der Waals surface area contributed by atoms with Crippen molar-refractivity contribution in [3.63, 3.8) is 0 Å². The van der Waals surface area contributed by atoms with Gasteiger partial charge in [-0.3, -0.25) is 0 Å². The fraction of sp³-hybridized carbons (Fsp3) is 0.250. The molecule has 3 nitrogen and oxygen atoms in total. The first-order valence-electron chi connectivity index (χ1n) is 4.85. The molecule has 3 heteroatoms. The Hall–Kier alpha value is -1.77. The Balaban J connectivity index is 2.76. The average Bonchev–Trinajstić information content (AvgIpc) is 2.26. The molecule has 0 aromatic heterocycles. The van der Waals surface area contributed by atoms with E-state index in [9.17, 15) is 4.79 Å². The lowest BCUT2D eigenvalue weighted by molar-refractivity contribution is -0.131. The van der Waals surface area contributed by atoms with Crippen LogP contribution in [0.5, 0.6) is 0 Å². The molecular weight excluding hydrogens is 190 g/mol. The molecule has 0 aliphatic rings. The van der Waals surface area contributed by atoms with Crippen LogP contribution in [0.1, 0.15) is 12.5 Å². The molecule has 1 rings (SSSR count). The van der Waals surface area contributed by atoms with Crippen LogP contribution in [0.3, 0.4) is 0 Å². The lowest BCUT2D eigenvalue weighted by Gasteiger charge is -2.16. The van der Waals surface area contributed by atoms with Crippen molar-refractivity contribution < 1.29 is 9.90 Å². The lowest BCUT2D eigenvalue weighted by atomic mass is 10.2. The zero-order chi connectivity index (χ0) is 11.3. The third kappa shape index (κ3) is 3.46. The highest BCUT2D eigenvalue weighted by Gasteiger charge is 1.96. The Morgan fingerprint density at radius 1 is 1.40 bits per heavy atom. The molecule has 0 atom stereocenters. The van der Waals surface area contributed by atoms with Gasteiger partial charge in [0.2, 0.25) is 0 Å². The van der Waals surface area contributed by atoms with Crippen molar-refractivity contribution >= 4 is 17.7 Å². The SMILES string of the molecule is CCN(C)c1ccc(/C=C/C(=O)O)cc1. The summed E-state index contributed by atoms with van der Waals surface area (Å²) >= 11 is 0. The molecule has 0 saturated carbocycles. The van der Waals surface area contributed by atoms with E-state index in [0.717, 1.165) is 23.9 Å². The maximum absolute atomic E-state index is 10.3. The van der Waals surface area contributed by atoms with E-state index in [-0.39, 0.29) is 0 Å². The van der Waals surface area contributed by atoms with Crippen LogP contribution < -0.4 is 4.90 Å². The van der Waals surface area contributed by atoms with Crippen LogP contribution in [0.15, 0.2) is 30.3 Å². The second-order valence-corrected chi connectivity index (χ2v) is 3.28. The summed E-state index contributed by atoms with van der Waals surface area (Å²) in [5.41, 5.74) is 2.02. The van der Waals surface area contributed by atoms with Crippen LogP contribution in [0.4, 0.5) is 5.69 Å². The van der Waals surface area contributed by atoms with E-state index in [1.165, 1.54) is 0 Å². The largest absolute Gasteiger partial charge is 0.478 e. The van der Waals surface area contributed by atoms with Crippen LogP contribution in [0.25, 0.3) is 6.08 Å². The first-order chi connectivity index (χ1) is 7.13. The van der Waals surface area contributed by atoms with Gasteiger partial charge in [-0.2, -0.15) is 0 Å². The number of rotatable bonds is 4. The number of anilines is 1. The van der Waals surface area contributed by atoms with E-state index >= 15 is 0 Å². The molecule has 0 aliphatic heterocycles. The molecule has 1 N–H and O–H groups in total. The molecule has 1 aromatic rings. The predicted octanol–water partition coefficient (Wildman–Crippen LogP) is 2.24. The van der Waals surface area contributed by atoms with Crippen LogP contribution >= 0.6 is 0 Å². The standard InChI is InChI=1S/C12H15NO2/c1-3-13(2)11-7-4-10(5-8-11)6-9-12(14)15/h4-9H,3H2,1-2H3,(H,14,15)/b9-6+. The summed E-state index contributed by atoms with van der Waals surface area (Å²) < 4.78 is 0. The molecule has 0 aliphatic carbocycles. The second-order valence-electron chi connectivity index (χ2n) is 3.28. The van der Waals surface area contributed by atoms with E-state index in [4.69, 9.17) is 5.11 Å². The van der Waals surface area contributed by atoms with Crippen molar-refractivity contribution in [3.05, 3.63) is 35.9 Å². The fourth-order valence-electron chi connectivity index (χ4n) is 1.19. The zero-order valence-electron chi connectivity index (χ0n) is 8.97. The van der Waals surface area contributed by atoms with Gasteiger partial charge in [0, 0.05) is 25.4 Å². The number of nitrogens with zero attached hydrogens (tertiary/aromatic N) is 1. The molecule has 0 heterocycles. The topological polar surface area (TPSA) is 40.5 Å². The van der Waals surface area contributed by atoms with E-state index in [2.05, 4.69) is 11.8 Å². The summed E-state index contributed by atoms with van der Waals surface area (Å²) in [5.74, 6) is -0.926. The van der Waals surface area contributed by atoms with Gasteiger partial charge >= 0.3 is 5.97 Å². The number of hydrogen-bond acceptors (Lipinski definition) is 2. The number of carboxylic acid groups (broad SMARTS) is 1. The lowest BCUT2D eigenvalue weighted by Crippen LogP contribution is -2.15. The van der Waals surface area contributed by atoms with Gasteiger partial charge < -0.3 is 10.0 Å². The Morgan fingerprint density at radius 3 is 2.47 bits per heavy atom. The Bertz CT molecular complexity index is 354. The summed E-state index contributed by atoms with van der Waals surface area (Å²) in [6.07, 6.45) is 2.72. The summed E-state index contributed by atoms with van der Waals surface area (Å²) in [7, 11) is 2.02. The molecule has 15 heavy (non-hydrogen) atoms. The minimum absolute atomic E-state index is 0.894. The van der Waals surface area contributed by atoms with Gasteiger partial charge in [-0.05, 0) is 30.7 Å². The summed E-state index contributed by atoms with van der Waals surface area (Å²) in [6.45, 7) is 3.03. The van der Waals surface area contributed by atoms with E-state index < -0.39 is 5.97 Å². The third-order valence-electron chi connectivity index (χ3n) is 2.23. The number of aliphatic carboxylic acids is 1. The molecule has 80 valence electrons. The average molecular weight is 205 g/mol. The van der Waals surface area contributed by atoms with Gasteiger partial charge in [-0.15, -0.1) is 0 Å². The van der Waals surface area contributed by atoms with Gasteiger partial charge in [-0.25, -0.2) is 4.79 Å². The molecule has 0 fully saturated rings. The van der Waals surface area contributed by atoms with Crippen molar-refractivity contribution in [1.29, 1.82) is 0 Å². The number of carboxylic acids is 1. The second kappa shape index (κ2) is 5.20. The zero-order valence-corrected chi connectivity index (χ0v) is 8.97. The van der Waals surface area contributed by atoms with Gasteiger partial charge in [0.1, 0.15) is 0 Å². The predicted molar refractivity (Wildman–Crippen MR) is 62.1 cm³/mol. The summed E-state index contributed by atoms with van der Waals surface area (Å²) in [4.78, 5) is 12.4. The summed E-state index contributed by atoms with van der Waals surface area (Å²) in [6, 6.07) is 7.76. The first kappa shape index (κ1) is 11.3. The smallest absolute Gasteiger partial charge is 0.328 e. The molecular formula is C12H15NO2. The Labute approximate surface area is 89.6 Å². The number of carbonyl (C=O) groups is 1. The van der Waals surface area contributed by atoms with E-state index in [0.29, 0.717) is 0 Å². The normalized spacial score (nSPS) is 10.5. The van der Waals surface area contributed by atoms with E-state index in [1.54, 1.807) is 6.08 Å². The van der Waals surface area contributed by atoms with Crippen molar-refractivity contribution in [2.75, 3.05) is 18.5 Å². The Kier molecular flexibility index (Phi) is 3.92. The molecule has 0 amide bonds. The molecule has 1 aromatic carbocycles. The molecule has 0 unspecified atom stereocenters. The maximum Gasteiger partial charge on any atom is 0.328 e. The van der Waals surface area contributed by atoms with Crippen LogP contribution in [-0.2, 0) is 4.79 Å². The third-order valence-corrected chi connectivity index (χ3v) is 2.23. The van der Waals surface area contributed by atoms with Gasteiger partial charge in [0.15, 0.2) is 0 Å². The van der Waals surface area contributed by atoms with Crippen molar-refractivity contribution in [2.45, 2.75) is 6.92 Å². The highest BCUT2D eigenvalue weighted by Crippen LogP contribution is 2.14. The van der Waals surface area contributed by atoms with Crippen molar-refractivity contribution in [1.82, 2.24) is 0 Å². The monoisotopic (exact) mass is 205 g/mol. The fourth-order valence-corrected chi connectivity index (χ4v) is 1.19. The molecule has 0 bridgehead atoms. The quantitative estimate of drug-likeness (QED) is 0.766. The Morgan fingerprint density at radius 2 is 2.00 bits per heavy atom. The van der Waals surface area contributed by atoms with E-state index in [1.807, 2.05) is 31.3 Å². The minimum atomic E-state index is -0.926. The molecule has 0 spiro atoms. The maximum atomic E-state index is 10.3. The highest BCUT2D eigenvalue weighted by molar-refractivity contribution is 5.85. The van der Waals surface area contributed by atoms with Gasteiger partial charge in [0.05, 0.1) is 0 Å². The summed E-state index contributed by atoms with van der Waals surface area (Å²) in [5, 5.41) is 8.46. The number of hydrogen-bond donors (Lipinski definition) is 1. The molecule has 0 radical (unpaired) electrons. The first-order valence-corrected chi connectivity index (χ1v) is 4.85. The van der Waals surface area contributed by atoms with Crippen LogP contribution in [0, 0.1) is 0 Å². The minimum Gasteiger partial charge on any atom is -0.478 e. The van der Waals surface area contributed by atoms with Crippen molar-refractivity contribution in [2.24, 2.45) is 0 Å². The van der Waals surface area contributed by atoms with Crippen LogP contribution in [-0.4, -0.2) is 24.7 Å².